The highest BCUT2D eigenvalue weighted by atomic mass is 35.5. The number of aryl methyl sites for hydroxylation is 1. The topological polar surface area (TPSA) is 58.9 Å². The molecule has 1 unspecified atom stereocenters. The highest BCUT2D eigenvalue weighted by molar-refractivity contribution is 6.42. The van der Waals surface area contributed by atoms with Crippen molar-refractivity contribution in [2.75, 3.05) is 13.6 Å². The van der Waals surface area contributed by atoms with E-state index < -0.39 is 0 Å². The van der Waals surface area contributed by atoms with E-state index in [0.29, 0.717) is 23.0 Å². The predicted octanol–water partition coefficient (Wildman–Crippen LogP) is 3.48. The molecular formula is C17H23Cl3N4O. The van der Waals surface area contributed by atoms with Crippen molar-refractivity contribution in [1.29, 1.82) is 0 Å². The average Bonchev–Trinajstić information content (AvgIpc) is 2.83. The molecule has 0 aliphatic rings. The molecule has 1 aromatic carbocycles. The molecule has 8 heteroatoms. The van der Waals surface area contributed by atoms with Gasteiger partial charge in [0, 0.05) is 23.8 Å². The van der Waals surface area contributed by atoms with Gasteiger partial charge in [0.05, 0.1) is 27.8 Å². The Hall–Kier alpha value is -1.27. The number of likely N-dealkylation sites (N-methyl/N-ethyl adjacent to an activating group) is 1. The van der Waals surface area contributed by atoms with E-state index in [0.717, 1.165) is 22.6 Å². The highest BCUT2D eigenvalue weighted by Gasteiger charge is 2.16. The Balaban J connectivity index is 0.00000312. The van der Waals surface area contributed by atoms with Crippen LogP contribution in [-0.4, -0.2) is 35.3 Å². The van der Waals surface area contributed by atoms with Gasteiger partial charge in [-0.25, -0.2) is 4.68 Å². The normalized spacial score (nSPS) is 11.8. The van der Waals surface area contributed by atoms with Crippen LogP contribution in [0.1, 0.15) is 23.9 Å². The van der Waals surface area contributed by atoms with Crippen molar-refractivity contribution in [2.45, 2.75) is 33.2 Å². The van der Waals surface area contributed by atoms with Crippen LogP contribution >= 0.6 is 35.6 Å². The van der Waals surface area contributed by atoms with Crippen LogP contribution in [0.25, 0.3) is 5.69 Å². The van der Waals surface area contributed by atoms with E-state index >= 15 is 0 Å². The van der Waals surface area contributed by atoms with Crippen LogP contribution in [-0.2, 0) is 11.2 Å². The number of nitrogens with zero attached hydrogens (tertiary/aromatic N) is 2. The molecule has 0 spiro atoms. The van der Waals surface area contributed by atoms with Gasteiger partial charge in [-0.1, -0.05) is 23.2 Å². The molecule has 0 fully saturated rings. The van der Waals surface area contributed by atoms with Gasteiger partial charge in [0.1, 0.15) is 0 Å². The second-order valence-corrected chi connectivity index (χ2v) is 6.64. The second-order valence-electron chi connectivity index (χ2n) is 5.83. The Morgan fingerprint density at radius 1 is 1.28 bits per heavy atom. The number of aromatic nitrogens is 2. The molecule has 0 radical (unpaired) electrons. The highest BCUT2D eigenvalue weighted by Crippen LogP contribution is 2.26. The van der Waals surface area contributed by atoms with Crippen LogP contribution in [0.4, 0.5) is 0 Å². The van der Waals surface area contributed by atoms with Crippen molar-refractivity contribution in [3.63, 3.8) is 0 Å². The van der Waals surface area contributed by atoms with E-state index in [2.05, 4.69) is 15.7 Å². The molecule has 0 saturated heterocycles. The van der Waals surface area contributed by atoms with Crippen LogP contribution in [0.2, 0.25) is 10.0 Å². The fraction of sp³-hybridized carbons (Fsp3) is 0.412. The molecule has 138 valence electrons. The van der Waals surface area contributed by atoms with E-state index in [1.54, 1.807) is 16.8 Å². The number of halogens is 3. The van der Waals surface area contributed by atoms with Gasteiger partial charge in [0.15, 0.2) is 0 Å². The summed E-state index contributed by atoms with van der Waals surface area (Å²) < 4.78 is 1.79. The summed E-state index contributed by atoms with van der Waals surface area (Å²) in [5, 5.41) is 11.5. The summed E-state index contributed by atoms with van der Waals surface area (Å²) in [4.78, 5) is 12.2. The molecule has 1 aromatic heterocycles. The number of amides is 1. The fourth-order valence-electron chi connectivity index (χ4n) is 2.39. The quantitative estimate of drug-likeness (QED) is 0.773. The molecule has 2 rings (SSSR count). The molecule has 0 bridgehead atoms. The Morgan fingerprint density at radius 2 is 1.96 bits per heavy atom. The lowest BCUT2D eigenvalue weighted by Gasteiger charge is -2.11. The van der Waals surface area contributed by atoms with Gasteiger partial charge in [0.2, 0.25) is 5.91 Å². The number of benzene rings is 1. The maximum atomic E-state index is 12.2. The first-order valence-corrected chi connectivity index (χ1v) is 8.53. The molecule has 1 amide bonds. The number of rotatable bonds is 6. The van der Waals surface area contributed by atoms with Gasteiger partial charge in [-0.05, 0) is 46.0 Å². The van der Waals surface area contributed by atoms with Crippen LogP contribution in [0.15, 0.2) is 18.2 Å². The van der Waals surface area contributed by atoms with Crippen molar-refractivity contribution in [3.8, 4) is 5.69 Å². The van der Waals surface area contributed by atoms with Crippen LogP contribution in [0.5, 0.6) is 0 Å². The first-order valence-electron chi connectivity index (χ1n) is 7.78. The van der Waals surface area contributed by atoms with Crippen LogP contribution in [0.3, 0.4) is 0 Å². The zero-order chi connectivity index (χ0) is 17.9. The maximum absolute atomic E-state index is 12.2. The molecule has 1 heterocycles. The average molecular weight is 406 g/mol. The summed E-state index contributed by atoms with van der Waals surface area (Å²) in [6.07, 6.45) is 0.301. The van der Waals surface area contributed by atoms with Crippen molar-refractivity contribution < 1.29 is 4.79 Å². The largest absolute Gasteiger partial charge is 0.354 e. The fourth-order valence-corrected chi connectivity index (χ4v) is 2.68. The van der Waals surface area contributed by atoms with E-state index in [-0.39, 0.29) is 24.4 Å². The third-order valence-electron chi connectivity index (χ3n) is 4.02. The molecule has 2 N–H and O–H groups in total. The molecule has 2 aromatic rings. The van der Waals surface area contributed by atoms with E-state index in [1.807, 2.05) is 33.9 Å². The van der Waals surface area contributed by atoms with Gasteiger partial charge in [0.25, 0.3) is 0 Å². The number of nitrogens with one attached hydrogen (secondary N) is 2. The Labute approximate surface area is 164 Å². The molecule has 0 aliphatic heterocycles. The monoisotopic (exact) mass is 404 g/mol. The van der Waals surface area contributed by atoms with Gasteiger partial charge in [-0.3, -0.25) is 4.79 Å². The summed E-state index contributed by atoms with van der Waals surface area (Å²) in [6, 6.07) is 5.59. The molecule has 1 atom stereocenters. The second kappa shape index (κ2) is 9.43. The lowest BCUT2D eigenvalue weighted by atomic mass is 10.1. The smallest absolute Gasteiger partial charge is 0.224 e. The molecule has 0 saturated carbocycles. The summed E-state index contributed by atoms with van der Waals surface area (Å²) in [5.74, 6) is -0.0167. The zero-order valence-corrected chi connectivity index (χ0v) is 17.0. The first-order chi connectivity index (χ1) is 11.3. The number of carbonyl (C=O) groups excluding carboxylic acids is 1. The van der Waals surface area contributed by atoms with Crippen LogP contribution in [0, 0.1) is 13.8 Å². The van der Waals surface area contributed by atoms with Crippen molar-refractivity contribution in [3.05, 3.63) is 45.2 Å². The minimum absolute atomic E-state index is 0. The van der Waals surface area contributed by atoms with Crippen molar-refractivity contribution in [2.24, 2.45) is 0 Å². The Morgan fingerprint density at radius 3 is 2.56 bits per heavy atom. The lowest BCUT2D eigenvalue weighted by molar-refractivity contribution is -0.120. The Bertz CT molecular complexity index is 746. The van der Waals surface area contributed by atoms with Crippen molar-refractivity contribution >= 4 is 41.5 Å². The molecule has 25 heavy (non-hydrogen) atoms. The molecule has 5 nitrogen and oxygen atoms in total. The van der Waals surface area contributed by atoms with E-state index in [9.17, 15) is 4.79 Å². The molecule has 0 aliphatic carbocycles. The SMILES string of the molecule is CNC(C)CNC(=O)Cc1c(C)nn(-c2ccc(Cl)c(Cl)c2)c1C.Cl. The summed E-state index contributed by atoms with van der Waals surface area (Å²) >= 11 is 12.1. The van der Waals surface area contributed by atoms with Gasteiger partial charge in [-0.2, -0.15) is 5.10 Å². The number of carbonyl (C=O) groups is 1. The van der Waals surface area contributed by atoms with E-state index in [1.165, 1.54) is 0 Å². The summed E-state index contributed by atoms with van der Waals surface area (Å²) in [6.45, 7) is 6.45. The summed E-state index contributed by atoms with van der Waals surface area (Å²) in [7, 11) is 1.87. The van der Waals surface area contributed by atoms with Crippen molar-refractivity contribution in [1.82, 2.24) is 20.4 Å². The van der Waals surface area contributed by atoms with Gasteiger partial charge >= 0.3 is 0 Å². The lowest BCUT2D eigenvalue weighted by Crippen LogP contribution is -2.37. The predicted molar refractivity (Wildman–Crippen MR) is 106 cm³/mol. The number of hydrogen-bond acceptors (Lipinski definition) is 3. The molecular weight excluding hydrogens is 383 g/mol. The summed E-state index contributed by atoms with van der Waals surface area (Å²) in [5.41, 5.74) is 3.49. The minimum atomic E-state index is -0.0167. The van der Waals surface area contributed by atoms with Gasteiger partial charge < -0.3 is 10.6 Å². The van der Waals surface area contributed by atoms with E-state index in [4.69, 9.17) is 23.2 Å². The Kier molecular flexibility index (Phi) is 8.22. The van der Waals surface area contributed by atoms with Crippen LogP contribution < -0.4 is 10.6 Å². The van der Waals surface area contributed by atoms with Gasteiger partial charge in [-0.15, -0.1) is 12.4 Å². The third-order valence-corrected chi connectivity index (χ3v) is 4.76. The zero-order valence-electron chi connectivity index (χ0n) is 14.7. The first kappa shape index (κ1) is 21.8. The third kappa shape index (κ3) is 5.35. The minimum Gasteiger partial charge on any atom is -0.354 e. The standard InChI is InChI=1S/C17H22Cl2N4O.ClH/c1-10(20-4)9-21-17(24)8-14-11(2)22-23(12(14)3)13-5-6-15(18)16(19)7-13;/h5-7,10,20H,8-9H2,1-4H3,(H,21,24);1H. The number of hydrogen-bond donors (Lipinski definition) is 2. The maximum Gasteiger partial charge on any atom is 0.224 e.